The number of hydrogen-bond acceptors (Lipinski definition) is 6. The van der Waals surface area contributed by atoms with Crippen molar-refractivity contribution in [2.24, 2.45) is 0 Å². The van der Waals surface area contributed by atoms with Gasteiger partial charge in [0.15, 0.2) is 0 Å². The van der Waals surface area contributed by atoms with Crippen LogP contribution in [0, 0.1) is 0 Å². The second kappa shape index (κ2) is 7.87. The Morgan fingerprint density at radius 1 is 1.11 bits per heavy atom. The average Bonchev–Trinajstić information content (AvgIpc) is 3.01. The molecule has 0 bridgehead atoms. The van der Waals surface area contributed by atoms with Gasteiger partial charge < -0.3 is 21.5 Å². The van der Waals surface area contributed by atoms with Gasteiger partial charge in [0, 0.05) is 12.1 Å². The zero-order valence-corrected chi connectivity index (χ0v) is 16.5. The van der Waals surface area contributed by atoms with E-state index in [1.54, 1.807) is 12.1 Å². The van der Waals surface area contributed by atoms with Gasteiger partial charge in [0.25, 0.3) is 0 Å². The molecule has 1 saturated heterocycles. The molecule has 1 aromatic heterocycles. The molecule has 0 radical (unpaired) electrons. The number of anilines is 2. The summed E-state index contributed by atoms with van der Waals surface area (Å²) in [6.45, 7) is 1.93. The number of ether oxygens (including phenoxy) is 1. The first-order chi connectivity index (χ1) is 13.5. The largest absolute Gasteiger partial charge is 0.489 e. The maximum Gasteiger partial charge on any atom is 0.241 e. The maximum absolute atomic E-state index is 6.52. The smallest absolute Gasteiger partial charge is 0.241 e. The fraction of sp³-hybridized carbons (Fsp3) is 0.263. The number of nitrogens with two attached hydrogens (primary N) is 2. The molecule has 0 spiro atoms. The van der Waals surface area contributed by atoms with E-state index < -0.39 is 0 Å². The van der Waals surface area contributed by atoms with Crippen LogP contribution >= 0.6 is 23.2 Å². The van der Waals surface area contributed by atoms with Gasteiger partial charge in [-0.05, 0) is 49.2 Å². The molecule has 0 saturated carbocycles. The molecule has 2 heterocycles. The van der Waals surface area contributed by atoms with Crippen LogP contribution < -0.4 is 21.5 Å². The molecule has 1 fully saturated rings. The zero-order valence-electron chi connectivity index (χ0n) is 15.0. The highest BCUT2D eigenvalue weighted by Gasteiger charge is 2.16. The molecule has 146 valence electrons. The normalized spacial score (nSPS) is 16.9. The van der Waals surface area contributed by atoms with Crippen LogP contribution in [0.3, 0.4) is 0 Å². The van der Waals surface area contributed by atoms with Crippen molar-refractivity contribution in [2.75, 3.05) is 24.6 Å². The summed E-state index contributed by atoms with van der Waals surface area (Å²) in [5.74, 6) is 1.07. The molecule has 2 aromatic carbocycles. The van der Waals surface area contributed by atoms with E-state index in [1.807, 2.05) is 24.3 Å². The number of halogens is 2. The van der Waals surface area contributed by atoms with Crippen LogP contribution in [-0.2, 0) is 0 Å². The van der Waals surface area contributed by atoms with Crippen molar-refractivity contribution in [1.82, 2.24) is 20.1 Å². The molecule has 1 aliphatic rings. The van der Waals surface area contributed by atoms with E-state index in [9.17, 15) is 0 Å². The summed E-state index contributed by atoms with van der Waals surface area (Å²) in [6, 6.07) is 11.2. The van der Waals surface area contributed by atoms with Crippen molar-refractivity contribution in [3.05, 3.63) is 46.4 Å². The van der Waals surface area contributed by atoms with Gasteiger partial charge in [-0.25, -0.2) is 0 Å². The predicted molar refractivity (Wildman–Crippen MR) is 112 cm³/mol. The summed E-state index contributed by atoms with van der Waals surface area (Å²) < 4.78 is 7.42. The first kappa shape index (κ1) is 18.9. The summed E-state index contributed by atoms with van der Waals surface area (Å²) in [5.41, 5.74) is 13.6. The van der Waals surface area contributed by atoms with Crippen molar-refractivity contribution >= 4 is 35.1 Å². The standard InChI is InChI=1S/C19H20Cl2N6O/c20-15-8-12(27-19(23)25-18(22)26-27)9-16(21)17(15)11-3-5-13(6-4-11)28-14-2-1-7-24-10-14/h3-6,8-9,14,24H,1-2,7,10H2,(H4,22,23,25,26). The summed E-state index contributed by atoms with van der Waals surface area (Å²) in [6.07, 6.45) is 2.39. The van der Waals surface area contributed by atoms with Crippen molar-refractivity contribution < 1.29 is 4.74 Å². The van der Waals surface area contributed by atoms with Crippen LogP contribution in [-0.4, -0.2) is 34.0 Å². The number of nitrogens with zero attached hydrogens (tertiary/aromatic N) is 3. The zero-order chi connectivity index (χ0) is 19.7. The van der Waals surface area contributed by atoms with E-state index in [0.29, 0.717) is 15.7 Å². The molecule has 0 amide bonds. The molecule has 0 aliphatic carbocycles. The minimum atomic E-state index is 0.0811. The molecule has 1 atom stereocenters. The summed E-state index contributed by atoms with van der Waals surface area (Å²) in [5, 5.41) is 8.34. The number of aromatic nitrogens is 3. The Kier molecular flexibility index (Phi) is 5.30. The molecule has 5 N–H and O–H groups in total. The van der Waals surface area contributed by atoms with Crippen LogP contribution in [0.5, 0.6) is 5.75 Å². The van der Waals surface area contributed by atoms with Crippen molar-refractivity contribution in [3.63, 3.8) is 0 Å². The maximum atomic E-state index is 6.52. The Morgan fingerprint density at radius 2 is 1.82 bits per heavy atom. The highest BCUT2D eigenvalue weighted by Crippen LogP contribution is 2.37. The lowest BCUT2D eigenvalue weighted by molar-refractivity contribution is 0.167. The van der Waals surface area contributed by atoms with Gasteiger partial charge in [-0.3, -0.25) is 0 Å². The van der Waals surface area contributed by atoms with Gasteiger partial charge in [-0.2, -0.15) is 9.67 Å². The Hall–Kier alpha value is -2.48. The molecule has 9 heteroatoms. The quantitative estimate of drug-likeness (QED) is 0.598. The minimum Gasteiger partial charge on any atom is -0.489 e. The van der Waals surface area contributed by atoms with Gasteiger partial charge in [0.05, 0.1) is 15.7 Å². The summed E-state index contributed by atoms with van der Waals surface area (Å²) in [4.78, 5) is 3.89. The Bertz CT molecular complexity index is 960. The molecule has 4 rings (SSSR count). The summed E-state index contributed by atoms with van der Waals surface area (Å²) >= 11 is 13.0. The first-order valence-electron chi connectivity index (χ1n) is 8.96. The van der Waals surface area contributed by atoms with Crippen LogP contribution in [0.1, 0.15) is 12.8 Å². The van der Waals surface area contributed by atoms with Crippen molar-refractivity contribution in [2.45, 2.75) is 18.9 Å². The van der Waals surface area contributed by atoms with E-state index in [2.05, 4.69) is 15.4 Å². The average molecular weight is 419 g/mol. The lowest BCUT2D eigenvalue weighted by Gasteiger charge is -2.24. The molecular weight excluding hydrogens is 399 g/mol. The third kappa shape index (κ3) is 3.87. The van der Waals surface area contributed by atoms with E-state index in [0.717, 1.165) is 42.8 Å². The molecule has 1 unspecified atom stereocenters. The Morgan fingerprint density at radius 3 is 2.39 bits per heavy atom. The summed E-state index contributed by atoms with van der Waals surface area (Å²) in [7, 11) is 0. The molecule has 7 nitrogen and oxygen atoms in total. The molecule has 3 aromatic rings. The van der Waals surface area contributed by atoms with Gasteiger partial charge in [-0.1, -0.05) is 35.3 Å². The highest BCUT2D eigenvalue weighted by molar-refractivity contribution is 6.39. The van der Waals surface area contributed by atoms with Crippen molar-refractivity contribution in [1.29, 1.82) is 0 Å². The van der Waals surface area contributed by atoms with Crippen LogP contribution in [0.2, 0.25) is 10.0 Å². The lowest BCUT2D eigenvalue weighted by atomic mass is 10.0. The van der Waals surface area contributed by atoms with E-state index >= 15 is 0 Å². The van der Waals surface area contributed by atoms with Gasteiger partial charge in [0.1, 0.15) is 11.9 Å². The molecule has 1 aliphatic heterocycles. The number of rotatable bonds is 4. The number of nitrogens with one attached hydrogen (secondary N) is 1. The Balaban J connectivity index is 1.59. The number of hydrogen-bond donors (Lipinski definition) is 3. The predicted octanol–water partition coefficient (Wildman–Crippen LogP) is 3.54. The van der Waals surface area contributed by atoms with E-state index in [4.69, 9.17) is 39.4 Å². The highest BCUT2D eigenvalue weighted by atomic mass is 35.5. The SMILES string of the molecule is Nc1nc(N)n(-c2cc(Cl)c(-c3ccc(OC4CCCNC4)cc3)c(Cl)c2)n1. The second-order valence-corrected chi connectivity index (χ2v) is 7.45. The van der Waals surface area contributed by atoms with Crippen LogP contribution in [0.15, 0.2) is 36.4 Å². The molecular formula is C19H20Cl2N6O. The molecule has 28 heavy (non-hydrogen) atoms. The van der Waals surface area contributed by atoms with Crippen LogP contribution in [0.25, 0.3) is 16.8 Å². The van der Waals surface area contributed by atoms with E-state index in [1.165, 1.54) is 4.68 Å². The van der Waals surface area contributed by atoms with Gasteiger partial charge in [-0.15, -0.1) is 5.10 Å². The lowest BCUT2D eigenvalue weighted by Crippen LogP contribution is -2.37. The third-order valence-corrected chi connectivity index (χ3v) is 5.21. The third-order valence-electron chi connectivity index (χ3n) is 4.62. The number of nitrogen functional groups attached to an aromatic ring is 2. The van der Waals surface area contributed by atoms with Crippen molar-refractivity contribution in [3.8, 4) is 22.6 Å². The Labute approximate surface area is 172 Å². The van der Waals surface area contributed by atoms with E-state index in [-0.39, 0.29) is 18.0 Å². The van der Waals surface area contributed by atoms with Gasteiger partial charge >= 0.3 is 0 Å². The first-order valence-corrected chi connectivity index (χ1v) is 9.72. The fourth-order valence-corrected chi connectivity index (χ4v) is 4.00. The topological polar surface area (TPSA) is 104 Å². The fourth-order valence-electron chi connectivity index (χ4n) is 3.30. The minimum absolute atomic E-state index is 0.0811. The number of piperidine rings is 1. The van der Waals surface area contributed by atoms with Gasteiger partial charge in [0.2, 0.25) is 11.9 Å². The second-order valence-electron chi connectivity index (χ2n) is 6.64. The van der Waals surface area contributed by atoms with Crippen LogP contribution in [0.4, 0.5) is 11.9 Å². The number of benzene rings is 2. The monoisotopic (exact) mass is 418 g/mol.